The first kappa shape index (κ1) is 30.3. The summed E-state index contributed by atoms with van der Waals surface area (Å²) in [5, 5.41) is 4.49. The van der Waals surface area contributed by atoms with E-state index >= 15 is 0 Å². The SMILES string of the molecule is COc1cc(C=Nc2sc3c(c2C(=O)Nc2ccccc2)CC[C@H](C(C)(C)C)C3)cc(Br)c1OCc1ccc(Cl)cc1. The summed E-state index contributed by atoms with van der Waals surface area (Å²) in [4.78, 5) is 19.8. The number of halogens is 2. The summed E-state index contributed by atoms with van der Waals surface area (Å²) >= 11 is 11.3. The Morgan fingerprint density at radius 2 is 1.88 bits per heavy atom. The van der Waals surface area contributed by atoms with Crippen LogP contribution in [-0.2, 0) is 19.4 Å². The number of carbonyl (C=O) groups excluding carboxylic acids is 1. The molecule has 1 aliphatic rings. The van der Waals surface area contributed by atoms with Crippen LogP contribution in [0.5, 0.6) is 11.5 Å². The molecule has 0 unspecified atom stereocenters. The van der Waals surface area contributed by atoms with E-state index in [2.05, 4.69) is 42.0 Å². The number of benzene rings is 3. The van der Waals surface area contributed by atoms with Crippen LogP contribution in [0.2, 0.25) is 5.02 Å². The van der Waals surface area contributed by atoms with Gasteiger partial charge >= 0.3 is 0 Å². The van der Waals surface area contributed by atoms with Crippen LogP contribution in [0.4, 0.5) is 10.7 Å². The normalized spacial score (nSPS) is 15.0. The summed E-state index contributed by atoms with van der Waals surface area (Å²) in [7, 11) is 1.61. The van der Waals surface area contributed by atoms with Crippen LogP contribution in [0.25, 0.3) is 0 Å². The summed E-state index contributed by atoms with van der Waals surface area (Å²) in [5.74, 6) is 1.63. The van der Waals surface area contributed by atoms with Crippen LogP contribution in [0.1, 0.15) is 59.1 Å². The molecule has 1 aromatic heterocycles. The zero-order valence-electron chi connectivity index (χ0n) is 24.2. The van der Waals surface area contributed by atoms with Crippen LogP contribution in [0.15, 0.2) is 76.2 Å². The first-order chi connectivity index (χ1) is 20.1. The Labute approximate surface area is 265 Å². The molecule has 4 aromatic rings. The molecule has 218 valence electrons. The molecule has 1 atom stereocenters. The Morgan fingerprint density at radius 3 is 2.57 bits per heavy atom. The minimum atomic E-state index is -0.121. The zero-order chi connectivity index (χ0) is 29.9. The van der Waals surface area contributed by atoms with E-state index in [0.29, 0.717) is 34.6 Å². The van der Waals surface area contributed by atoms with Crippen LogP contribution >= 0.6 is 38.9 Å². The van der Waals surface area contributed by atoms with Crippen molar-refractivity contribution in [3.05, 3.63) is 103 Å². The molecule has 1 N–H and O–H groups in total. The fourth-order valence-electron chi connectivity index (χ4n) is 5.17. The second-order valence-electron chi connectivity index (χ2n) is 11.5. The highest BCUT2D eigenvalue weighted by Crippen LogP contribution is 2.45. The number of para-hydroxylation sites is 1. The molecule has 0 spiro atoms. The van der Waals surface area contributed by atoms with Gasteiger partial charge in [-0.1, -0.05) is 62.7 Å². The van der Waals surface area contributed by atoms with E-state index in [-0.39, 0.29) is 11.3 Å². The molecule has 1 aliphatic carbocycles. The van der Waals surface area contributed by atoms with Crippen molar-refractivity contribution in [1.29, 1.82) is 0 Å². The number of methoxy groups -OCH3 is 1. The van der Waals surface area contributed by atoms with Crippen molar-refractivity contribution in [3.8, 4) is 11.5 Å². The van der Waals surface area contributed by atoms with Gasteiger partial charge in [0, 0.05) is 21.8 Å². The summed E-state index contributed by atoms with van der Waals surface area (Å²) in [6, 6.07) is 20.9. The molecular weight excluding hydrogens is 632 g/mol. The van der Waals surface area contributed by atoms with Crippen molar-refractivity contribution in [2.75, 3.05) is 12.4 Å². The Hall–Kier alpha value is -3.13. The second kappa shape index (κ2) is 13.0. The molecule has 3 aromatic carbocycles. The lowest BCUT2D eigenvalue weighted by Gasteiger charge is -2.33. The van der Waals surface area contributed by atoms with E-state index in [9.17, 15) is 4.79 Å². The van der Waals surface area contributed by atoms with Gasteiger partial charge in [-0.05, 0) is 99.6 Å². The molecule has 1 amide bonds. The number of hydrogen-bond acceptors (Lipinski definition) is 5. The molecular formula is C34H34BrClN2O3S. The van der Waals surface area contributed by atoms with Crippen molar-refractivity contribution in [2.45, 2.75) is 46.6 Å². The smallest absolute Gasteiger partial charge is 0.259 e. The maximum atomic E-state index is 13.6. The van der Waals surface area contributed by atoms with Gasteiger partial charge in [0.2, 0.25) is 0 Å². The Bertz CT molecular complexity index is 1590. The van der Waals surface area contributed by atoms with E-state index in [1.54, 1.807) is 24.7 Å². The van der Waals surface area contributed by atoms with Crippen molar-refractivity contribution in [3.63, 3.8) is 0 Å². The minimum Gasteiger partial charge on any atom is -0.493 e. The van der Waals surface area contributed by atoms with Gasteiger partial charge in [0.05, 0.1) is 17.1 Å². The van der Waals surface area contributed by atoms with E-state index in [4.69, 9.17) is 26.1 Å². The van der Waals surface area contributed by atoms with Crippen molar-refractivity contribution >= 4 is 61.7 Å². The largest absolute Gasteiger partial charge is 0.493 e. The van der Waals surface area contributed by atoms with E-state index < -0.39 is 0 Å². The average Bonchev–Trinajstić information content (AvgIpc) is 3.34. The summed E-state index contributed by atoms with van der Waals surface area (Å²) in [6.45, 7) is 7.26. The molecule has 8 heteroatoms. The van der Waals surface area contributed by atoms with Gasteiger partial charge < -0.3 is 14.8 Å². The maximum absolute atomic E-state index is 13.6. The predicted molar refractivity (Wildman–Crippen MR) is 177 cm³/mol. The van der Waals surface area contributed by atoms with E-state index in [0.717, 1.165) is 51.1 Å². The van der Waals surface area contributed by atoms with Crippen LogP contribution in [-0.4, -0.2) is 19.2 Å². The molecule has 0 fully saturated rings. The van der Waals surface area contributed by atoms with Gasteiger partial charge in [-0.2, -0.15) is 0 Å². The predicted octanol–water partition coefficient (Wildman–Crippen LogP) is 9.91. The quantitative estimate of drug-likeness (QED) is 0.191. The number of ether oxygens (including phenoxy) is 2. The Balaban J connectivity index is 1.44. The van der Waals surface area contributed by atoms with E-state index in [1.165, 1.54) is 4.88 Å². The number of rotatable bonds is 8. The molecule has 5 rings (SSSR count). The second-order valence-corrected chi connectivity index (χ2v) is 13.9. The van der Waals surface area contributed by atoms with Crippen LogP contribution in [0.3, 0.4) is 0 Å². The Morgan fingerprint density at radius 1 is 1.14 bits per heavy atom. The number of hydrogen-bond donors (Lipinski definition) is 1. The average molecular weight is 666 g/mol. The molecule has 5 nitrogen and oxygen atoms in total. The first-order valence-corrected chi connectivity index (χ1v) is 15.9. The summed E-state index contributed by atoms with van der Waals surface area (Å²) < 4.78 is 12.5. The molecule has 0 aliphatic heterocycles. The highest BCUT2D eigenvalue weighted by molar-refractivity contribution is 9.10. The standard InChI is InChI=1S/C34H34BrClN2O3S/c1-34(2,3)23-12-15-26-29(18-23)42-33(30(26)32(39)38-25-8-6-5-7-9-25)37-19-22-16-27(35)31(28(17-22)40-4)41-20-21-10-13-24(36)14-11-21/h5-11,13-14,16-17,19,23H,12,15,18,20H2,1-4H3,(H,38,39)/t23-/m0/s1. The lowest BCUT2D eigenvalue weighted by molar-refractivity contribution is 0.102. The topological polar surface area (TPSA) is 59.9 Å². The number of amides is 1. The number of aliphatic imine (C=N–C) groups is 1. The van der Waals surface area contributed by atoms with Gasteiger partial charge in [-0.3, -0.25) is 4.79 Å². The fourth-order valence-corrected chi connectivity index (χ4v) is 7.14. The third kappa shape index (κ3) is 7.08. The zero-order valence-corrected chi connectivity index (χ0v) is 27.3. The number of anilines is 1. The van der Waals surface area contributed by atoms with E-state index in [1.807, 2.05) is 66.7 Å². The van der Waals surface area contributed by atoms with Gasteiger partial charge in [0.15, 0.2) is 11.5 Å². The highest BCUT2D eigenvalue weighted by atomic mass is 79.9. The number of fused-ring (bicyclic) bond motifs is 1. The van der Waals surface area contributed by atoms with Gasteiger partial charge in [0.1, 0.15) is 11.6 Å². The molecule has 0 bridgehead atoms. The molecule has 0 radical (unpaired) electrons. The van der Waals surface area contributed by atoms with Gasteiger partial charge in [0.25, 0.3) is 5.91 Å². The molecule has 0 saturated heterocycles. The molecule has 1 heterocycles. The van der Waals surface area contributed by atoms with Crippen LogP contribution < -0.4 is 14.8 Å². The minimum absolute atomic E-state index is 0.121. The number of nitrogens with zero attached hydrogens (tertiary/aromatic N) is 1. The Kier molecular flexibility index (Phi) is 9.41. The monoisotopic (exact) mass is 664 g/mol. The number of thiophene rings is 1. The summed E-state index contributed by atoms with van der Waals surface area (Å²) in [5.41, 5.74) is 4.60. The summed E-state index contributed by atoms with van der Waals surface area (Å²) in [6.07, 6.45) is 4.68. The maximum Gasteiger partial charge on any atom is 0.259 e. The van der Waals surface area contributed by atoms with Crippen LogP contribution in [0, 0.1) is 11.3 Å². The lowest BCUT2D eigenvalue weighted by Crippen LogP contribution is -2.27. The first-order valence-electron chi connectivity index (χ1n) is 13.9. The molecule has 42 heavy (non-hydrogen) atoms. The number of carbonyl (C=O) groups is 1. The van der Waals surface area contributed by atoms with Gasteiger partial charge in [-0.15, -0.1) is 11.3 Å². The highest BCUT2D eigenvalue weighted by Gasteiger charge is 2.33. The lowest BCUT2D eigenvalue weighted by atomic mass is 9.72. The van der Waals surface area contributed by atoms with Crippen molar-refractivity contribution in [2.24, 2.45) is 16.3 Å². The molecule has 0 saturated carbocycles. The fraction of sp³-hybridized carbons (Fsp3) is 0.294. The third-order valence-electron chi connectivity index (χ3n) is 7.61. The third-order valence-corrected chi connectivity index (χ3v) is 9.61. The van der Waals surface area contributed by atoms with Gasteiger partial charge in [-0.25, -0.2) is 4.99 Å². The van der Waals surface area contributed by atoms with Crippen molar-refractivity contribution in [1.82, 2.24) is 0 Å². The van der Waals surface area contributed by atoms with Crippen molar-refractivity contribution < 1.29 is 14.3 Å². The number of nitrogens with one attached hydrogen (secondary N) is 1.